The van der Waals surface area contributed by atoms with Crippen molar-refractivity contribution in [1.29, 1.82) is 0 Å². The Kier molecular flexibility index (Phi) is 4.02. The predicted octanol–water partition coefficient (Wildman–Crippen LogP) is 2.81. The van der Waals surface area contributed by atoms with Crippen LogP contribution < -0.4 is 5.32 Å². The molecule has 1 aliphatic carbocycles. The molecular formula is C14H19NO2. The molecule has 1 aliphatic rings. The van der Waals surface area contributed by atoms with Gasteiger partial charge in [0.1, 0.15) is 0 Å². The third-order valence-electron chi connectivity index (χ3n) is 3.13. The zero-order valence-corrected chi connectivity index (χ0v) is 10.3. The van der Waals surface area contributed by atoms with Crippen LogP contribution in [0.2, 0.25) is 0 Å². The summed E-state index contributed by atoms with van der Waals surface area (Å²) in [6.45, 7) is 2.76. The number of nitrogens with one attached hydrogen (secondary N) is 1. The number of carbonyl (C=O) groups is 1. The van der Waals surface area contributed by atoms with Crippen molar-refractivity contribution in [2.45, 2.75) is 39.2 Å². The molecule has 3 nitrogen and oxygen atoms in total. The smallest absolute Gasteiger partial charge is 0.407 e. The van der Waals surface area contributed by atoms with Crippen molar-refractivity contribution < 1.29 is 9.53 Å². The van der Waals surface area contributed by atoms with Crippen LogP contribution in [-0.2, 0) is 24.1 Å². The summed E-state index contributed by atoms with van der Waals surface area (Å²) in [6, 6.07) is 6.49. The fraction of sp³-hybridized carbons (Fsp3) is 0.500. The van der Waals surface area contributed by atoms with Crippen LogP contribution in [0.3, 0.4) is 0 Å². The topological polar surface area (TPSA) is 38.3 Å². The first-order valence-corrected chi connectivity index (χ1v) is 6.31. The van der Waals surface area contributed by atoms with E-state index in [9.17, 15) is 4.79 Å². The van der Waals surface area contributed by atoms with E-state index in [4.69, 9.17) is 4.74 Å². The van der Waals surface area contributed by atoms with Crippen molar-refractivity contribution in [3.8, 4) is 0 Å². The Morgan fingerprint density at radius 1 is 1.29 bits per heavy atom. The second-order valence-electron chi connectivity index (χ2n) is 4.38. The molecule has 0 saturated heterocycles. The standard InChI is InChI=1S/C14H19NO2/c1-2-17-14(16)15-10-11-7-8-12-5-3-4-6-13(12)9-11/h7-9H,2-6,10H2,1H3,(H,15,16). The molecule has 2 rings (SSSR count). The number of fused-ring (bicyclic) bond motifs is 1. The van der Waals surface area contributed by atoms with E-state index in [-0.39, 0.29) is 6.09 Å². The Hall–Kier alpha value is -1.51. The summed E-state index contributed by atoms with van der Waals surface area (Å²) < 4.78 is 4.83. The van der Waals surface area contributed by atoms with Crippen LogP contribution in [0, 0.1) is 0 Å². The van der Waals surface area contributed by atoms with Crippen LogP contribution in [-0.4, -0.2) is 12.7 Å². The van der Waals surface area contributed by atoms with Gasteiger partial charge in [-0.2, -0.15) is 0 Å². The lowest BCUT2D eigenvalue weighted by Gasteiger charge is -2.16. The van der Waals surface area contributed by atoms with E-state index in [1.165, 1.54) is 36.8 Å². The highest BCUT2D eigenvalue weighted by Crippen LogP contribution is 2.22. The van der Waals surface area contributed by atoms with Gasteiger partial charge in [-0.25, -0.2) is 4.79 Å². The van der Waals surface area contributed by atoms with Crippen molar-refractivity contribution in [2.75, 3.05) is 6.61 Å². The third kappa shape index (κ3) is 3.22. The largest absolute Gasteiger partial charge is 0.450 e. The van der Waals surface area contributed by atoms with Crippen LogP contribution in [0.1, 0.15) is 36.5 Å². The number of benzene rings is 1. The predicted molar refractivity (Wildman–Crippen MR) is 66.9 cm³/mol. The van der Waals surface area contributed by atoms with E-state index < -0.39 is 0 Å². The number of hydrogen-bond acceptors (Lipinski definition) is 2. The average molecular weight is 233 g/mol. The van der Waals surface area contributed by atoms with E-state index in [2.05, 4.69) is 23.5 Å². The molecule has 1 N–H and O–H groups in total. The van der Waals surface area contributed by atoms with Gasteiger partial charge in [0.25, 0.3) is 0 Å². The minimum Gasteiger partial charge on any atom is -0.450 e. The van der Waals surface area contributed by atoms with Gasteiger partial charge in [-0.1, -0.05) is 18.2 Å². The van der Waals surface area contributed by atoms with Crippen LogP contribution in [0.25, 0.3) is 0 Å². The molecule has 0 radical (unpaired) electrons. The van der Waals surface area contributed by atoms with Gasteiger partial charge in [0.15, 0.2) is 0 Å². The summed E-state index contributed by atoms with van der Waals surface area (Å²) in [5, 5.41) is 2.75. The van der Waals surface area contributed by atoms with Gasteiger partial charge in [-0.3, -0.25) is 0 Å². The fourth-order valence-corrected chi connectivity index (χ4v) is 2.25. The highest BCUT2D eigenvalue weighted by molar-refractivity contribution is 5.67. The summed E-state index contributed by atoms with van der Waals surface area (Å²) in [6.07, 6.45) is 4.60. The molecule has 0 atom stereocenters. The van der Waals surface area contributed by atoms with E-state index in [1.807, 2.05) is 0 Å². The van der Waals surface area contributed by atoms with Gasteiger partial charge in [-0.15, -0.1) is 0 Å². The van der Waals surface area contributed by atoms with E-state index in [0.717, 1.165) is 5.56 Å². The molecule has 0 aliphatic heterocycles. The molecular weight excluding hydrogens is 214 g/mol. The van der Waals surface area contributed by atoms with Gasteiger partial charge in [0.2, 0.25) is 0 Å². The lowest BCUT2D eigenvalue weighted by molar-refractivity contribution is 0.151. The van der Waals surface area contributed by atoms with Crippen molar-refractivity contribution in [3.05, 3.63) is 34.9 Å². The molecule has 0 spiro atoms. The van der Waals surface area contributed by atoms with Crippen molar-refractivity contribution >= 4 is 6.09 Å². The van der Waals surface area contributed by atoms with Crippen LogP contribution in [0.15, 0.2) is 18.2 Å². The number of hydrogen-bond donors (Lipinski definition) is 1. The maximum Gasteiger partial charge on any atom is 0.407 e. The number of rotatable bonds is 3. The molecule has 3 heteroatoms. The monoisotopic (exact) mass is 233 g/mol. The number of aryl methyl sites for hydroxylation is 2. The molecule has 0 saturated carbocycles. The highest BCUT2D eigenvalue weighted by Gasteiger charge is 2.09. The minimum atomic E-state index is -0.342. The summed E-state index contributed by atoms with van der Waals surface area (Å²) in [7, 11) is 0. The first kappa shape index (κ1) is 12.0. The van der Waals surface area contributed by atoms with Crippen LogP contribution >= 0.6 is 0 Å². The first-order valence-electron chi connectivity index (χ1n) is 6.31. The van der Waals surface area contributed by atoms with Gasteiger partial charge < -0.3 is 10.1 Å². The number of amides is 1. The Balaban J connectivity index is 1.95. The molecule has 0 heterocycles. The van der Waals surface area contributed by atoms with Gasteiger partial charge in [0, 0.05) is 6.54 Å². The third-order valence-corrected chi connectivity index (χ3v) is 3.13. The lowest BCUT2D eigenvalue weighted by atomic mass is 9.90. The maximum atomic E-state index is 11.2. The Morgan fingerprint density at radius 2 is 2.06 bits per heavy atom. The Bertz CT molecular complexity index is 401. The summed E-state index contributed by atoms with van der Waals surface area (Å²) in [5.41, 5.74) is 4.06. The molecule has 1 aromatic carbocycles. The van der Waals surface area contributed by atoms with E-state index in [0.29, 0.717) is 13.2 Å². The van der Waals surface area contributed by atoms with Gasteiger partial charge in [0.05, 0.1) is 6.61 Å². The van der Waals surface area contributed by atoms with Crippen LogP contribution in [0.5, 0.6) is 0 Å². The minimum absolute atomic E-state index is 0.342. The molecule has 0 bridgehead atoms. The molecule has 92 valence electrons. The summed E-state index contributed by atoms with van der Waals surface area (Å²) >= 11 is 0. The molecule has 0 aromatic heterocycles. The van der Waals surface area contributed by atoms with Crippen molar-refractivity contribution in [1.82, 2.24) is 5.32 Å². The molecule has 0 unspecified atom stereocenters. The van der Waals surface area contributed by atoms with E-state index in [1.54, 1.807) is 6.92 Å². The van der Waals surface area contributed by atoms with Crippen molar-refractivity contribution in [2.24, 2.45) is 0 Å². The average Bonchev–Trinajstić information content (AvgIpc) is 2.36. The molecule has 0 fully saturated rings. The lowest BCUT2D eigenvalue weighted by Crippen LogP contribution is -2.23. The summed E-state index contributed by atoms with van der Waals surface area (Å²) in [4.78, 5) is 11.2. The molecule has 1 amide bonds. The second-order valence-corrected chi connectivity index (χ2v) is 4.38. The zero-order chi connectivity index (χ0) is 12.1. The number of ether oxygens (including phenoxy) is 1. The van der Waals surface area contributed by atoms with Crippen LogP contribution in [0.4, 0.5) is 4.79 Å². The number of alkyl carbamates (subject to hydrolysis) is 1. The molecule has 1 aromatic rings. The highest BCUT2D eigenvalue weighted by atomic mass is 16.5. The number of carbonyl (C=O) groups excluding carboxylic acids is 1. The quantitative estimate of drug-likeness (QED) is 0.871. The second kappa shape index (κ2) is 5.71. The normalized spacial score (nSPS) is 13.9. The van der Waals surface area contributed by atoms with Gasteiger partial charge in [-0.05, 0) is 49.3 Å². The molecule has 17 heavy (non-hydrogen) atoms. The Labute approximate surface area is 102 Å². The van der Waals surface area contributed by atoms with Crippen molar-refractivity contribution in [3.63, 3.8) is 0 Å². The summed E-state index contributed by atoms with van der Waals surface area (Å²) in [5.74, 6) is 0. The zero-order valence-electron chi connectivity index (χ0n) is 10.3. The Morgan fingerprint density at radius 3 is 2.82 bits per heavy atom. The van der Waals surface area contributed by atoms with Gasteiger partial charge >= 0.3 is 6.09 Å². The maximum absolute atomic E-state index is 11.2. The SMILES string of the molecule is CCOC(=O)NCc1ccc2c(c1)CCCC2. The van der Waals surface area contributed by atoms with E-state index >= 15 is 0 Å². The first-order chi connectivity index (χ1) is 8.29. The fourth-order valence-electron chi connectivity index (χ4n) is 2.25.